The first-order chi connectivity index (χ1) is 9.79. The van der Waals surface area contributed by atoms with E-state index in [4.69, 9.17) is 26.4 Å². The summed E-state index contributed by atoms with van der Waals surface area (Å²) in [6.07, 6.45) is 2.44. The second kappa shape index (κ2) is 5.50. The van der Waals surface area contributed by atoms with Crippen molar-refractivity contribution in [3.63, 3.8) is 0 Å². The van der Waals surface area contributed by atoms with E-state index in [0.717, 1.165) is 29.2 Å². The van der Waals surface area contributed by atoms with Gasteiger partial charge < -0.3 is 19.2 Å². The molecule has 0 atom stereocenters. The molecule has 0 saturated heterocycles. The summed E-state index contributed by atoms with van der Waals surface area (Å²) in [4.78, 5) is 7.09. The van der Waals surface area contributed by atoms with Crippen molar-refractivity contribution in [1.82, 2.24) is 9.97 Å². The van der Waals surface area contributed by atoms with E-state index in [1.807, 2.05) is 18.2 Å². The molecule has 104 valence electrons. The van der Waals surface area contributed by atoms with Crippen LogP contribution >= 0.6 is 12.2 Å². The Kier molecular flexibility index (Phi) is 3.56. The first kappa shape index (κ1) is 12.9. The molecule has 1 aliphatic heterocycles. The van der Waals surface area contributed by atoms with Crippen molar-refractivity contribution in [3.8, 4) is 28.5 Å². The topological polar surface area (TPSA) is 56.4 Å². The summed E-state index contributed by atoms with van der Waals surface area (Å²) in [5.74, 6) is 2.05. The minimum absolute atomic E-state index is 0.424. The first-order valence-electron chi connectivity index (χ1n) is 6.31. The lowest BCUT2D eigenvalue weighted by Gasteiger charge is -2.11. The van der Waals surface area contributed by atoms with E-state index in [1.165, 1.54) is 0 Å². The third-order valence-electron chi connectivity index (χ3n) is 3.05. The van der Waals surface area contributed by atoms with E-state index in [1.54, 1.807) is 13.4 Å². The van der Waals surface area contributed by atoms with E-state index in [-0.39, 0.29) is 0 Å². The monoisotopic (exact) mass is 290 g/mol. The average molecular weight is 290 g/mol. The van der Waals surface area contributed by atoms with Gasteiger partial charge in [-0.05, 0) is 18.2 Å². The highest BCUT2D eigenvalue weighted by atomic mass is 32.1. The standard InChI is InChI=1S/C14H14N2O3S/c1-17-13-12(15-8-16-14(13)20)9-3-4-10-11(7-9)19-6-2-5-18-10/h3-4,7-8H,2,5-6H2,1H3,(H,15,16,20). The number of hydrogen-bond donors (Lipinski definition) is 1. The minimum Gasteiger partial charge on any atom is -0.491 e. The number of rotatable bonds is 2. The maximum atomic E-state index is 5.69. The molecule has 0 spiro atoms. The Balaban J connectivity index is 2.09. The maximum Gasteiger partial charge on any atom is 0.179 e. The van der Waals surface area contributed by atoms with Crippen LogP contribution in [-0.2, 0) is 0 Å². The quantitative estimate of drug-likeness (QED) is 0.862. The van der Waals surface area contributed by atoms with Crippen LogP contribution in [0.4, 0.5) is 0 Å². The van der Waals surface area contributed by atoms with Gasteiger partial charge in [0.1, 0.15) is 0 Å². The van der Waals surface area contributed by atoms with Gasteiger partial charge in [-0.15, -0.1) is 0 Å². The SMILES string of the molecule is COc1c(-c2ccc3c(c2)OCCCO3)[nH]cnc1=S. The van der Waals surface area contributed by atoms with Crippen LogP contribution in [0.3, 0.4) is 0 Å². The molecule has 20 heavy (non-hydrogen) atoms. The molecule has 6 heteroatoms. The average Bonchev–Trinajstić information content (AvgIpc) is 2.71. The van der Waals surface area contributed by atoms with Gasteiger partial charge in [0.15, 0.2) is 21.9 Å². The molecule has 1 aliphatic rings. The van der Waals surface area contributed by atoms with Crippen LogP contribution in [0.5, 0.6) is 17.2 Å². The van der Waals surface area contributed by atoms with Crippen LogP contribution in [0, 0.1) is 4.64 Å². The lowest BCUT2D eigenvalue weighted by molar-refractivity contribution is 0.297. The molecule has 0 saturated carbocycles. The number of benzene rings is 1. The van der Waals surface area contributed by atoms with Gasteiger partial charge in [-0.25, -0.2) is 4.98 Å². The number of nitrogens with one attached hydrogen (secondary N) is 1. The summed E-state index contributed by atoms with van der Waals surface area (Å²) in [5, 5.41) is 0. The molecular weight excluding hydrogens is 276 g/mol. The summed E-state index contributed by atoms with van der Waals surface area (Å²) < 4.78 is 17.1. The van der Waals surface area contributed by atoms with Gasteiger partial charge in [-0.1, -0.05) is 12.2 Å². The normalized spacial score (nSPS) is 13.7. The van der Waals surface area contributed by atoms with Gasteiger partial charge in [0.05, 0.1) is 32.3 Å². The number of fused-ring (bicyclic) bond motifs is 1. The molecule has 1 aromatic carbocycles. The highest BCUT2D eigenvalue weighted by Crippen LogP contribution is 2.36. The fourth-order valence-corrected chi connectivity index (χ4v) is 2.35. The molecule has 3 rings (SSSR count). The summed E-state index contributed by atoms with van der Waals surface area (Å²) in [7, 11) is 1.58. The van der Waals surface area contributed by atoms with Crippen molar-refractivity contribution in [2.45, 2.75) is 6.42 Å². The Morgan fingerprint density at radius 3 is 2.85 bits per heavy atom. The number of methoxy groups -OCH3 is 1. The number of ether oxygens (including phenoxy) is 3. The van der Waals surface area contributed by atoms with E-state index in [2.05, 4.69) is 9.97 Å². The number of aromatic amines is 1. The van der Waals surface area contributed by atoms with Gasteiger partial charge in [-0.2, -0.15) is 0 Å². The molecule has 0 amide bonds. The Morgan fingerprint density at radius 1 is 1.25 bits per heavy atom. The zero-order chi connectivity index (χ0) is 13.9. The molecule has 2 heterocycles. The predicted molar refractivity (Wildman–Crippen MR) is 77.0 cm³/mol. The Morgan fingerprint density at radius 2 is 2.05 bits per heavy atom. The summed E-state index contributed by atoms with van der Waals surface area (Å²) in [6.45, 7) is 1.33. The number of aromatic nitrogens is 2. The fraction of sp³-hybridized carbons (Fsp3) is 0.286. The highest BCUT2D eigenvalue weighted by Gasteiger charge is 2.14. The van der Waals surface area contributed by atoms with Crippen molar-refractivity contribution in [1.29, 1.82) is 0 Å². The highest BCUT2D eigenvalue weighted by molar-refractivity contribution is 7.71. The van der Waals surface area contributed by atoms with Crippen molar-refractivity contribution >= 4 is 12.2 Å². The summed E-state index contributed by atoms with van der Waals surface area (Å²) in [6, 6.07) is 5.76. The predicted octanol–water partition coefficient (Wildman–Crippen LogP) is 2.98. The maximum absolute atomic E-state index is 5.69. The molecule has 0 fully saturated rings. The molecule has 0 unspecified atom stereocenters. The van der Waals surface area contributed by atoms with E-state index in [0.29, 0.717) is 23.6 Å². The van der Waals surface area contributed by atoms with Crippen LogP contribution in [0.2, 0.25) is 0 Å². The van der Waals surface area contributed by atoms with Crippen LogP contribution < -0.4 is 14.2 Å². The number of H-pyrrole nitrogens is 1. The van der Waals surface area contributed by atoms with Crippen molar-refractivity contribution in [3.05, 3.63) is 29.2 Å². The van der Waals surface area contributed by atoms with Crippen LogP contribution in [0.1, 0.15) is 6.42 Å². The molecule has 0 aliphatic carbocycles. The first-order valence-corrected chi connectivity index (χ1v) is 6.72. The Bertz CT molecular complexity index is 684. The van der Waals surface area contributed by atoms with Crippen LogP contribution in [-0.4, -0.2) is 30.3 Å². The van der Waals surface area contributed by atoms with Gasteiger partial charge >= 0.3 is 0 Å². The summed E-state index contributed by atoms with van der Waals surface area (Å²) >= 11 is 5.17. The molecule has 2 aromatic rings. The molecule has 0 bridgehead atoms. The second-order valence-electron chi connectivity index (χ2n) is 4.33. The fourth-order valence-electron chi connectivity index (χ4n) is 2.11. The Labute approximate surface area is 121 Å². The largest absolute Gasteiger partial charge is 0.491 e. The van der Waals surface area contributed by atoms with Gasteiger partial charge in [0, 0.05) is 12.0 Å². The lowest BCUT2D eigenvalue weighted by Crippen LogP contribution is -1.97. The van der Waals surface area contributed by atoms with Crippen molar-refractivity contribution in [2.24, 2.45) is 0 Å². The molecule has 0 radical (unpaired) electrons. The van der Waals surface area contributed by atoms with Crippen LogP contribution in [0.15, 0.2) is 24.5 Å². The van der Waals surface area contributed by atoms with Crippen molar-refractivity contribution < 1.29 is 14.2 Å². The number of nitrogens with zero attached hydrogens (tertiary/aromatic N) is 1. The third kappa shape index (κ3) is 2.34. The molecular formula is C14H14N2O3S. The third-order valence-corrected chi connectivity index (χ3v) is 3.34. The minimum atomic E-state index is 0.424. The number of hydrogen-bond acceptors (Lipinski definition) is 5. The van der Waals surface area contributed by atoms with E-state index >= 15 is 0 Å². The molecule has 5 nitrogen and oxygen atoms in total. The zero-order valence-electron chi connectivity index (χ0n) is 11.0. The Hall–Kier alpha value is -2.08. The smallest absolute Gasteiger partial charge is 0.179 e. The van der Waals surface area contributed by atoms with E-state index < -0.39 is 0 Å². The second-order valence-corrected chi connectivity index (χ2v) is 4.71. The van der Waals surface area contributed by atoms with E-state index in [9.17, 15) is 0 Å². The van der Waals surface area contributed by atoms with Gasteiger partial charge in [-0.3, -0.25) is 0 Å². The molecule has 1 aromatic heterocycles. The van der Waals surface area contributed by atoms with Gasteiger partial charge in [0.2, 0.25) is 0 Å². The summed E-state index contributed by atoms with van der Waals surface area (Å²) in [5.41, 5.74) is 1.70. The van der Waals surface area contributed by atoms with Crippen LogP contribution in [0.25, 0.3) is 11.3 Å². The lowest BCUT2D eigenvalue weighted by atomic mass is 10.1. The zero-order valence-corrected chi connectivity index (χ0v) is 11.8. The molecule has 1 N–H and O–H groups in total. The van der Waals surface area contributed by atoms with Crippen molar-refractivity contribution in [2.75, 3.05) is 20.3 Å². The van der Waals surface area contributed by atoms with Gasteiger partial charge in [0.25, 0.3) is 0 Å².